The van der Waals surface area contributed by atoms with Gasteiger partial charge in [-0.3, -0.25) is 0 Å². The van der Waals surface area contributed by atoms with Gasteiger partial charge >= 0.3 is 0 Å². The van der Waals surface area contributed by atoms with Crippen LogP contribution in [-0.4, -0.2) is 51.4 Å². The van der Waals surface area contributed by atoms with Crippen LogP contribution in [0.3, 0.4) is 0 Å². The molecule has 1 aliphatic heterocycles. The van der Waals surface area contributed by atoms with Crippen molar-refractivity contribution in [1.82, 2.24) is 24.6 Å². The lowest BCUT2D eigenvalue weighted by atomic mass is 9.88. The molecule has 1 aromatic carbocycles. The molecule has 0 amide bonds. The minimum atomic E-state index is -0.189. The number of likely N-dealkylation sites (N-methyl/N-ethyl adjacent to an activating group) is 1. The van der Waals surface area contributed by atoms with Gasteiger partial charge in [0.25, 0.3) is 0 Å². The predicted octanol–water partition coefficient (Wildman–Crippen LogP) is 4.06. The standard InChI is InChI=1S/C20H24Cl2N6O/c1-5-27-7-12(8-27)16-17(22)14(21)6-13(18(16)29-4)11(3)28-20-15(10(2)26-28)19(23)24-9-25-20/h6,9,11-12H,5,7-8H2,1-4H3,(H2,23,24,25)/t11-/m1/s1. The summed E-state index contributed by atoms with van der Waals surface area (Å²) in [5.41, 5.74) is 9.39. The van der Waals surface area contributed by atoms with E-state index in [9.17, 15) is 0 Å². The van der Waals surface area contributed by atoms with E-state index in [-0.39, 0.29) is 12.0 Å². The van der Waals surface area contributed by atoms with Crippen LogP contribution in [0, 0.1) is 6.92 Å². The summed E-state index contributed by atoms with van der Waals surface area (Å²) in [4.78, 5) is 10.9. The largest absolute Gasteiger partial charge is 0.496 e. The molecule has 2 N–H and O–H groups in total. The van der Waals surface area contributed by atoms with E-state index >= 15 is 0 Å². The molecule has 0 bridgehead atoms. The van der Waals surface area contributed by atoms with Gasteiger partial charge in [-0.2, -0.15) is 5.10 Å². The van der Waals surface area contributed by atoms with Gasteiger partial charge in [-0.25, -0.2) is 14.6 Å². The van der Waals surface area contributed by atoms with Crippen LogP contribution in [0.5, 0.6) is 5.75 Å². The van der Waals surface area contributed by atoms with Crippen molar-refractivity contribution in [2.24, 2.45) is 0 Å². The normalized spacial score (nSPS) is 16.2. The summed E-state index contributed by atoms with van der Waals surface area (Å²) in [5.74, 6) is 1.47. The molecule has 4 rings (SSSR count). The van der Waals surface area contributed by atoms with Crippen molar-refractivity contribution in [1.29, 1.82) is 0 Å². The molecule has 29 heavy (non-hydrogen) atoms. The van der Waals surface area contributed by atoms with Crippen LogP contribution in [0.4, 0.5) is 5.82 Å². The summed E-state index contributed by atoms with van der Waals surface area (Å²) in [7, 11) is 1.67. The first-order valence-electron chi connectivity index (χ1n) is 9.60. The summed E-state index contributed by atoms with van der Waals surface area (Å²) in [6.07, 6.45) is 1.45. The average molecular weight is 435 g/mol. The summed E-state index contributed by atoms with van der Waals surface area (Å²) in [6.45, 7) is 8.98. The van der Waals surface area contributed by atoms with Gasteiger partial charge in [0, 0.05) is 30.1 Å². The van der Waals surface area contributed by atoms with Gasteiger partial charge in [-0.1, -0.05) is 30.1 Å². The first kappa shape index (κ1) is 20.2. The molecule has 0 aliphatic carbocycles. The van der Waals surface area contributed by atoms with E-state index in [1.54, 1.807) is 7.11 Å². The zero-order chi connectivity index (χ0) is 20.9. The highest BCUT2D eigenvalue weighted by molar-refractivity contribution is 6.42. The van der Waals surface area contributed by atoms with Crippen LogP contribution < -0.4 is 10.5 Å². The fourth-order valence-electron chi connectivity index (χ4n) is 4.13. The first-order valence-corrected chi connectivity index (χ1v) is 10.4. The minimum absolute atomic E-state index is 0.189. The number of rotatable bonds is 5. The van der Waals surface area contributed by atoms with Crippen LogP contribution in [0.25, 0.3) is 11.0 Å². The lowest BCUT2D eigenvalue weighted by molar-refractivity contribution is 0.155. The number of nitrogen functional groups attached to an aromatic ring is 1. The number of aryl methyl sites for hydroxylation is 1. The van der Waals surface area contributed by atoms with Crippen LogP contribution >= 0.6 is 23.2 Å². The van der Waals surface area contributed by atoms with E-state index in [1.165, 1.54) is 6.33 Å². The molecule has 1 saturated heterocycles. The zero-order valence-electron chi connectivity index (χ0n) is 16.9. The third kappa shape index (κ3) is 3.21. The highest BCUT2D eigenvalue weighted by Gasteiger charge is 2.34. The van der Waals surface area contributed by atoms with Gasteiger partial charge in [-0.05, 0) is 26.5 Å². The summed E-state index contributed by atoms with van der Waals surface area (Å²) in [6, 6.07) is 1.67. The third-order valence-electron chi connectivity index (χ3n) is 5.76. The third-order valence-corrected chi connectivity index (χ3v) is 6.56. The Bertz CT molecular complexity index is 1080. The fourth-order valence-corrected chi connectivity index (χ4v) is 4.65. The summed E-state index contributed by atoms with van der Waals surface area (Å²) < 4.78 is 7.70. The van der Waals surface area contributed by atoms with Crippen molar-refractivity contribution < 1.29 is 4.74 Å². The number of methoxy groups -OCH3 is 1. The van der Waals surface area contributed by atoms with E-state index < -0.39 is 0 Å². The number of nitrogens with zero attached hydrogens (tertiary/aromatic N) is 5. The second kappa shape index (κ2) is 7.63. The maximum Gasteiger partial charge on any atom is 0.164 e. The Kier molecular flexibility index (Phi) is 5.31. The molecule has 2 aromatic heterocycles. The van der Waals surface area contributed by atoms with Crippen LogP contribution in [0.1, 0.15) is 42.6 Å². The lowest BCUT2D eigenvalue weighted by Crippen LogP contribution is -2.44. The second-order valence-electron chi connectivity index (χ2n) is 7.42. The maximum absolute atomic E-state index is 6.63. The number of anilines is 1. The molecule has 0 spiro atoms. The maximum atomic E-state index is 6.63. The van der Waals surface area contributed by atoms with Crippen LogP contribution in [-0.2, 0) is 0 Å². The Labute approximate surface area is 179 Å². The van der Waals surface area contributed by atoms with Gasteiger partial charge in [-0.15, -0.1) is 0 Å². The molecule has 0 saturated carbocycles. The molecule has 1 atom stereocenters. The average Bonchev–Trinajstić information content (AvgIpc) is 3.01. The van der Waals surface area contributed by atoms with E-state index in [2.05, 4.69) is 26.9 Å². The summed E-state index contributed by atoms with van der Waals surface area (Å²) >= 11 is 13.2. The number of hydrogen-bond donors (Lipinski definition) is 1. The predicted molar refractivity (Wildman–Crippen MR) is 116 cm³/mol. The van der Waals surface area contributed by atoms with E-state index in [4.69, 9.17) is 33.7 Å². The van der Waals surface area contributed by atoms with Gasteiger partial charge in [0.15, 0.2) is 5.65 Å². The topological polar surface area (TPSA) is 82.1 Å². The second-order valence-corrected chi connectivity index (χ2v) is 8.21. The number of likely N-dealkylation sites (tertiary alicyclic amines) is 1. The monoisotopic (exact) mass is 434 g/mol. The molecule has 7 nitrogen and oxygen atoms in total. The van der Waals surface area contributed by atoms with Crippen molar-refractivity contribution in [3.05, 3.63) is 39.3 Å². The quantitative estimate of drug-likeness (QED) is 0.651. The van der Waals surface area contributed by atoms with Crippen molar-refractivity contribution in [3.8, 4) is 5.75 Å². The molecule has 3 heterocycles. The molecule has 0 radical (unpaired) electrons. The number of halogens is 2. The molecule has 3 aromatic rings. The van der Waals surface area contributed by atoms with Crippen molar-refractivity contribution in [2.75, 3.05) is 32.5 Å². The van der Waals surface area contributed by atoms with Crippen LogP contribution in [0.2, 0.25) is 10.0 Å². The highest BCUT2D eigenvalue weighted by atomic mass is 35.5. The molecule has 9 heteroatoms. The molecule has 1 fully saturated rings. The van der Waals surface area contributed by atoms with E-state index in [0.717, 1.165) is 47.6 Å². The van der Waals surface area contributed by atoms with Gasteiger partial charge in [0.05, 0.1) is 34.3 Å². The number of ether oxygens (including phenoxy) is 1. The van der Waals surface area contributed by atoms with Gasteiger partial charge in [0.1, 0.15) is 17.9 Å². The Morgan fingerprint density at radius 1 is 1.31 bits per heavy atom. The minimum Gasteiger partial charge on any atom is -0.496 e. The lowest BCUT2D eigenvalue weighted by Gasteiger charge is -2.40. The Hall–Kier alpha value is -2.09. The van der Waals surface area contributed by atoms with Crippen molar-refractivity contribution in [3.63, 3.8) is 0 Å². The number of nitrogens with two attached hydrogens (primary N) is 1. The molecule has 154 valence electrons. The zero-order valence-corrected chi connectivity index (χ0v) is 18.4. The Balaban J connectivity index is 1.85. The first-order chi connectivity index (χ1) is 13.9. The SMILES string of the molecule is CCN1CC(c2c(Cl)c(Cl)cc([C@@H](C)n3nc(C)c4c(N)ncnc43)c2OC)C1. The van der Waals surface area contributed by atoms with Crippen LogP contribution in [0.15, 0.2) is 12.4 Å². The molecule has 1 aliphatic rings. The van der Waals surface area contributed by atoms with E-state index in [1.807, 2.05) is 24.6 Å². The molecule has 0 unspecified atom stereocenters. The Morgan fingerprint density at radius 3 is 2.69 bits per heavy atom. The van der Waals surface area contributed by atoms with Crippen molar-refractivity contribution >= 4 is 40.1 Å². The van der Waals surface area contributed by atoms with Crippen molar-refractivity contribution in [2.45, 2.75) is 32.7 Å². The van der Waals surface area contributed by atoms with E-state index in [0.29, 0.717) is 21.5 Å². The van der Waals surface area contributed by atoms with Gasteiger partial charge in [0.2, 0.25) is 0 Å². The molecular formula is C20H24Cl2N6O. The number of aromatic nitrogens is 4. The molecular weight excluding hydrogens is 411 g/mol. The number of benzene rings is 1. The van der Waals surface area contributed by atoms with Gasteiger partial charge < -0.3 is 15.4 Å². The Morgan fingerprint density at radius 2 is 2.03 bits per heavy atom. The summed E-state index contributed by atoms with van der Waals surface area (Å²) in [5, 5.41) is 6.52. The number of hydrogen-bond acceptors (Lipinski definition) is 6. The fraction of sp³-hybridized carbons (Fsp3) is 0.450. The highest BCUT2D eigenvalue weighted by Crippen LogP contribution is 2.46. The smallest absolute Gasteiger partial charge is 0.164 e. The number of fused-ring (bicyclic) bond motifs is 1.